The molecule has 1 aromatic carbocycles. The standard InChI is InChI=1S/C21H22N4O2/c1-6-9-24-16-8-7-13(2)10-14(16)21(19(24)27)11-17(26)23-18-15(21)12-22-25(18)20(3,4)5/h1,7-8,10,12H,9,11H2,2-5H3,(H,23,26)/t21-/m1/s1. The third-order valence-electron chi connectivity index (χ3n) is 5.31. The number of terminal acetylenes is 1. The number of hydrogen-bond donors (Lipinski definition) is 1. The molecule has 2 aromatic rings. The largest absolute Gasteiger partial charge is 0.311 e. The second-order valence-electron chi connectivity index (χ2n) is 8.24. The van der Waals surface area contributed by atoms with Crippen LogP contribution in [0.5, 0.6) is 0 Å². The molecule has 0 saturated carbocycles. The summed E-state index contributed by atoms with van der Waals surface area (Å²) in [6, 6.07) is 5.85. The SMILES string of the molecule is C#CCN1C(=O)[C@]2(CC(=O)Nc3c2cnn3C(C)(C)C)c2cc(C)ccc21. The molecule has 0 bridgehead atoms. The Hall–Kier alpha value is -3.07. The molecular weight excluding hydrogens is 340 g/mol. The molecule has 1 atom stereocenters. The number of benzene rings is 1. The molecule has 1 N–H and O–H groups in total. The quantitative estimate of drug-likeness (QED) is 0.793. The van der Waals surface area contributed by atoms with Crippen LogP contribution in [0.3, 0.4) is 0 Å². The van der Waals surface area contributed by atoms with Crippen molar-refractivity contribution in [1.82, 2.24) is 9.78 Å². The van der Waals surface area contributed by atoms with Gasteiger partial charge in [-0.25, -0.2) is 4.68 Å². The predicted octanol–water partition coefficient (Wildman–Crippen LogP) is 2.55. The summed E-state index contributed by atoms with van der Waals surface area (Å²) in [7, 11) is 0. The van der Waals surface area contributed by atoms with Gasteiger partial charge in [-0.2, -0.15) is 5.10 Å². The highest BCUT2D eigenvalue weighted by Crippen LogP contribution is 2.52. The minimum Gasteiger partial charge on any atom is -0.311 e. The van der Waals surface area contributed by atoms with Crippen molar-refractivity contribution in [2.75, 3.05) is 16.8 Å². The maximum Gasteiger partial charge on any atom is 0.243 e. The molecule has 0 unspecified atom stereocenters. The molecule has 3 heterocycles. The van der Waals surface area contributed by atoms with Gasteiger partial charge in [-0.15, -0.1) is 6.42 Å². The van der Waals surface area contributed by atoms with Gasteiger partial charge in [-0.05, 0) is 39.3 Å². The highest BCUT2D eigenvalue weighted by atomic mass is 16.2. The molecule has 6 nitrogen and oxygen atoms in total. The minimum atomic E-state index is -1.08. The van der Waals surface area contributed by atoms with Crippen LogP contribution < -0.4 is 10.2 Å². The number of carbonyl (C=O) groups is 2. The molecule has 1 spiro atoms. The van der Waals surface area contributed by atoms with Crippen LogP contribution in [-0.2, 0) is 20.5 Å². The zero-order chi connectivity index (χ0) is 19.6. The van der Waals surface area contributed by atoms with E-state index in [1.54, 1.807) is 15.8 Å². The van der Waals surface area contributed by atoms with Gasteiger partial charge in [0.2, 0.25) is 11.8 Å². The van der Waals surface area contributed by atoms with Gasteiger partial charge >= 0.3 is 0 Å². The van der Waals surface area contributed by atoms with Crippen LogP contribution in [0.1, 0.15) is 43.9 Å². The van der Waals surface area contributed by atoms with Gasteiger partial charge in [0.15, 0.2) is 0 Å². The first-order valence-electron chi connectivity index (χ1n) is 8.95. The van der Waals surface area contributed by atoms with Crippen LogP contribution in [0.25, 0.3) is 0 Å². The Labute approximate surface area is 158 Å². The van der Waals surface area contributed by atoms with Crippen LogP contribution >= 0.6 is 0 Å². The van der Waals surface area contributed by atoms with Crippen LogP contribution in [0.2, 0.25) is 0 Å². The molecule has 0 saturated heterocycles. The third kappa shape index (κ3) is 2.24. The summed E-state index contributed by atoms with van der Waals surface area (Å²) in [6.07, 6.45) is 7.28. The van der Waals surface area contributed by atoms with Gasteiger partial charge in [0.25, 0.3) is 0 Å². The van der Waals surface area contributed by atoms with Gasteiger partial charge in [-0.1, -0.05) is 23.6 Å². The second kappa shape index (κ2) is 5.46. The van der Waals surface area contributed by atoms with Crippen LogP contribution in [0.4, 0.5) is 11.5 Å². The summed E-state index contributed by atoms with van der Waals surface area (Å²) >= 11 is 0. The molecule has 2 aliphatic rings. The Balaban J connectivity index is 2.04. The van der Waals surface area contributed by atoms with E-state index in [4.69, 9.17) is 6.42 Å². The molecular formula is C21H22N4O2. The fourth-order valence-electron chi connectivity index (χ4n) is 4.16. The predicted molar refractivity (Wildman–Crippen MR) is 104 cm³/mol. The normalized spacial score (nSPS) is 21.1. The van der Waals surface area contributed by atoms with Crippen molar-refractivity contribution in [3.63, 3.8) is 0 Å². The number of anilines is 2. The lowest BCUT2D eigenvalue weighted by molar-refractivity contribution is -0.126. The highest BCUT2D eigenvalue weighted by molar-refractivity contribution is 6.16. The molecule has 0 fully saturated rings. The lowest BCUT2D eigenvalue weighted by Crippen LogP contribution is -2.47. The van der Waals surface area contributed by atoms with Crippen molar-refractivity contribution >= 4 is 23.3 Å². The van der Waals surface area contributed by atoms with Crippen LogP contribution in [-0.4, -0.2) is 28.1 Å². The number of aromatic nitrogens is 2. The van der Waals surface area contributed by atoms with E-state index >= 15 is 0 Å². The van der Waals surface area contributed by atoms with E-state index in [0.29, 0.717) is 5.82 Å². The van der Waals surface area contributed by atoms with Gasteiger partial charge in [-0.3, -0.25) is 14.5 Å². The van der Waals surface area contributed by atoms with E-state index in [-0.39, 0.29) is 30.3 Å². The first kappa shape index (κ1) is 17.3. The van der Waals surface area contributed by atoms with Gasteiger partial charge < -0.3 is 5.32 Å². The van der Waals surface area contributed by atoms with E-state index in [2.05, 4.69) is 16.3 Å². The third-order valence-corrected chi connectivity index (χ3v) is 5.31. The Morgan fingerprint density at radius 3 is 2.70 bits per heavy atom. The van der Waals surface area contributed by atoms with Crippen molar-refractivity contribution in [3.05, 3.63) is 41.1 Å². The lowest BCUT2D eigenvalue weighted by Gasteiger charge is -2.34. The number of hydrogen-bond acceptors (Lipinski definition) is 3. The van der Waals surface area contributed by atoms with Gasteiger partial charge in [0.05, 0.1) is 18.3 Å². The van der Waals surface area contributed by atoms with Crippen molar-refractivity contribution in [2.24, 2.45) is 0 Å². The zero-order valence-electron chi connectivity index (χ0n) is 16.0. The molecule has 6 heteroatoms. The average molecular weight is 362 g/mol. The Morgan fingerprint density at radius 2 is 2.04 bits per heavy atom. The minimum absolute atomic E-state index is 0.0478. The van der Waals surface area contributed by atoms with Crippen molar-refractivity contribution in [3.8, 4) is 12.3 Å². The smallest absolute Gasteiger partial charge is 0.243 e. The molecule has 2 aliphatic heterocycles. The fraction of sp³-hybridized carbons (Fsp3) is 0.381. The molecule has 27 heavy (non-hydrogen) atoms. The summed E-state index contributed by atoms with van der Waals surface area (Å²) in [5.41, 5.74) is 1.93. The number of aryl methyl sites for hydroxylation is 1. The molecule has 2 amide bonds. The number of amides is 2. The summed E-state index contributed by atoms with van der Waals surface area (Å²) in [4.78, 5) is 27.9. The first-order chi connectivity index (χ1) is 12.7. The number of rotatable bonds is 1. The van der Waals surface area contributed by atoms with E-state index in [1.165, 1.54) is 0 Å². The summed E-state index contributed by atoms with van der Waals surface area (Å²) in [5, 5.41) is 7.44. The van der Waals surface area contributed by atoms with Crippen molar-refractivity contribution in [2.45, 2.75) is 45.1 Å². The Kier molecular flexibility index (Phi) is 3.51. The summed E-state index contributed by atoms with van der Waals surface area (Å²) in [6.45, 7) is 8.17. The number of nitrogens with one attached hydrogen (secondary N) is 1. The van der Waals surface area contributed by atoms with Crippen molar-refractivity contribution < 1.29 is 9.59 Å². The first-order valence-corrected chi connectivity index (χ1v) is 8.95. The van der Waals surface area contributed by atoms with E-state index < -0.39 is 5.41 Å². The molecule has 0 radical (unpaired) electrons. The van der Waals surface area contributed by atoms with Crippen LogP contribution in [0.15, 0.2) is 24.4 Å². The van der Waals surface area contributed by atoms with E-state index in [9.17, 15) is 9.59 Å². The number of fused-ring (bicyclic) bond motifs is 4. The van der Waals surface area contributed by atoms with Gasteiger partial charge in [0, 0.05) is 17.7 Å². The molecule has 138 valence electrons. The summed E-state index contributed by atoms with van der Waals surface area (Å²) in [5.74, 6) is 2.79. The Bertz CT molecular complexity index is 1020. The van der Waals surface area contributed by atoms with E-state index in [1.807, 2.05) is 45.9 Å². The fourth-order valence-corrected chi connectivity index (χ4v) is 4.16. The van der Waals surface area contributed by atoms with Crippen molar-refractivity contribution in [1.29, 1.82) is 0 Å². The lowest BCUT2D eigenvalue weighted by atomic mass is 9.71. The monoisotopic (exact) mass is 362 g/mol. The molecule has 1 aromatic heterocycles. The van der Waals surface area contributed by atoms with Crippen LogP contribution in [0, 0.1) is 19.3 Å². The molecule has 0 aliphatic carbocycles. The number of nitrogens with zero attached hydrogens (tertiary/aromatic N) is 3. The zero-order valence-corrected chi connectivity index (χ0v) is 16.0. The average Bonchev–Trinajstić information content (AvgIpc) is 3.10. The maximum atomic E-state index is 13.6. The van der Waals surface area contributed by atoms with E-state index in [0.717, 1.165) is 22.4 Å². The topological polar surface area (TPSA) is 67.2 Å². The second-order valence-corrected chi connectivity index (χ2v) is 8.24. The summed E-state index contributed by atoms with van der Waals surface area (Å²) < 4.78 is 1.77. The Morgan fingerprint density at radius 1 is 1.30 bits per heavy atom. The van der Waals surface area contributed by atoms with Gasteiger partial charge in [0.1, 0.15) is 11.2 Å². The maximum absolute atomic E-state index is 13.6. The highest BCUT2D eigenvalue weighted by Gasteiger charge is 2.57. The molecule has 4 rings (SSSR count). The number of carbonyl (C=O) groups excluding carboxylic acids is 2.